The average Bonchev–Trinajstić information content (AvgIpc) is 2.68. The fourth-order valence-corrected chi connectivity index (χ4v) is 2.70. The van der Waals surface area contributed by atoms with Crippen molar-refractivity contribution in [3.05, 3.63) is 96.1 Å². The Balaban J connectivity index is 1.93. The molecule has 3 aromatic carbocycles. The first kappa shape index (κ1) is 16.8. The largest absolute Gasteiger partial charge is 0.494 e. The summed E-state index contributed by atoms with van der Waals surface area (Å²) in [4.78, 5) is 15.0. The maximum Gasteiger partial charge on any atom is 0.258 e. The summed E-state index contributed by atoms with van der Waals surface area (Å²) in [6.45, 7) is 3.02. The minimum atomic E-state index is -0.0448. The maximum atomic E-state index is 13.2. The van der Waals surface area contributed by atoms with Crippen LogP contribution in [0.4, 0.5) is 5.69 Å². The number of ether oxygens (including phenoxy) is 1. The van der Waals surface area contributed by atoms with Gasteiger partial charge in [0.1, 0.15) is 5.75 Å². The maximum absolute atomic E-state index is 13.2. The molecule has 0 heterocycles. The van der Waals surface area contributed by atoms with E-state index in [1.54, 1.807) is 11.0 Å². The van der Waals surface area contributed by atoms with Crippen molar-refractivity contribution in [1.29, 1.82) is 0 Å². The molecule has 0 aliphatic carbocycles. The highest BCUT2D eigenvalue weighted by Gasteiger charge is 2.18. The van der Waals surface area contributed by atoms with Gasteiger partial charge in [0.25, 0.3) is 5.91 Å². The highest BCUT2D eigenvalue weighted by molar-refractivity contribution is 6.06. The van der Waals surface area contributed by atoms with Gasteiger partial charge < -0.3 is 9.64 Å². The minimum Gasteiger partial charge on any atom is -0.494 e. The highest BCUT2D eigenvalue weighted by atomic mass is 16.5. The van der Waals surface area contributed by atoms with Crippen LogP contribution in [0.15, 0.2) is 84.9 Å². The number of nitrogens with zero attached hydrogens (tertiary/aromatic N) is 1. The Morgan fingerprint density at radius 2 is 1.56 bits per heavy atom. The summed E-state index contributed by atoms with van der Waals surface area (Å²) in [7, 11) is 0. The first-order valence-electron chi connectivity index (χ1n) is 8.41. The molecule has 3 nitrogen and oxygen atoms in total. The van der Waals surface area contributed by atoms with Crippen LogP contribution in [0.3, 0.4) is 0 Å². The van der Waals surface area contributed by atoms with Gasteiger partial charge in [0.15, 0.2) is 0 Å². The Morgan fingerprint density at radius 3 is 2.24 bits per heavy atom. The van der Waals surface area contributed by atoms with Gasteiger partial charge in [-0.25, -0.2) is 0 Å². The Kier molecular flexibility index (Phi) is 5.47. The van der Waals surface area contributed by atoms with Crippen molar-refractivity contribution in [1.82, 2.24) is 0 Å². The van der Waals surface area contributed by atoms with E-state index >= 15 is 0 Å². The van der Waals surface area contributed by atoms with Crippen molar-refractivity contribution in [2.24, 2.45) is 0 Å². The quantitative estimate of drug-likeness (QED) is 0.641. The van der Waals surface area contributed by atoms with Gasteiger partial charge in [-0.3, -0.25) is 4.79 Å². The predicted molar refractivity (Wildman–Crippen MR) is 101 cm³/mol. The average molecular weight is 331 g/mol. The third-order valence-corrected chi connectivity index (χ3v) is 3.89. The van der Waals surface area contributed by atoms with Crippen molar-refractivity contribution < 1.29 is 9.53 Å². The van der Waals surface area contributed by atoms with Crippen molar-refractivity contribution in [2.75, 3.05) is 11.5 Å². The third kappa shape index (κ3) is 4.27. The Labute approximate surface area is 148 Å². The van der Waals surface area contributed by atoms with E-state index in [9.17, 15) is 4.79 Å². The molecule has 0 fully saturated rings. The molecule has 0 N–H and O–H groups in total. The Morgan fingerprint density at radius 1 is 0.880 bits per heavy atom. The number of rotatable bonds is 6. The monoisotopic (exact) mass is 331 g/mol. The smallest absolute Gasteiger partial charge is 0.258 e. The summed E-state index contributed by atoms with van der Waals surface area (Å²) in [6.07, 6.45) is 0. The summed E-state index contributed by atoms with van der Waals surface area (Å²) in [5.74, 6) is 0.665. The summed E-state index contributed by atoms with van der Waals surface area (Å²) < 4.78 is 5.53. The number of amides is 1. The summed E-state index contributed by atoms with van der Waals surface area (Å²) in [5.41, 5.74) is 2.57. The van der Waals surface area contributed by atoms with E-state index < -0.39 is 0 Å². The molecular formula is C22H21NO2. The van der Waals surface area contributed by atoms with Crippen molar-refractivity contribution >= 4 is 11.6 Å². The predicted octanol–water partition coefficient (Wildman–Crippen LogP) is 4.93. The minimum absolute atomic E-state index is 0.0448. The molecule has 0 aliphatic heterocycles. The van der Waals surface area contributed by atoms with E-state index in [1.807, 2.05) is 85.8 Å². The number of hydrogen-bond acceptors (Lipinski definition) is 2. The summed E-state index contributed by atoms with van der Waals surface area (Å²) in [5, 5.41) is 0. The normalized spacial score (nSPS) is 10.3. The van der Waals surface area contributed by atoms with Gasteiger partial charge in [-0.15, -0.1) is 0 Å². The lowest BCUT2D eigenvalue weighted by atomic mass is 10.1. The number of hydrogen-bond donors (Lipinski definition) is 0. The van der Waals surface area contributed by atoms with Crippen LogP contribution in [-0.4, -0.2) is 12.5 Å². The van der Waals surface area contributed by atoms with E-state index in [-0.39, 0.29) is 5.91 Å². The molecule has 0 aromatic heterocycles. The molecule has 3 rings (SSSR count). The SMILES string of the molecule is CCOc1cccc(C(=O)N(Cc2ccccc2)c2ccccc2)c1. The fourth-order valence-electron chi connectivity index (χ4n) is 2.70. The fraction of sp³-hybridized carbons (Fsp3) is 0.136. The molecule has 0 saturated carbocycles. The summed E-state index contributed by atoms with van der Waals surface area (Å²) in [6, 6.07) is 27.1. The van der Waals surface area contributed by atoms with E-state index in [4.69, 9.17) is 4.74 Å². The second kappa shape index (κ2) is 8.15. The zero-order chi connectivity index (χ0) is 17.5. The first-order valence-corrected chi connectivity index (χ1v) is 8.41. The first-order chi connectivity index (χ1) is 12.3. The van der Waals surface area contributed by atoms with Crippen LogP contribution in [0.25, 0.3) is 0 Å². The standard InChI is InChI=1S/C22H21NO2/c1-2-25-21-15-9-12-19(16-21)22(24)23(20-13-7-4-8-14-20)17-18-10-5-3-6-11-18/h3-16H,2,17H2,1H3. The van der Waals surface area contributed by atoms with E-state index in [2.05, 4.69) is 0 Å². The molecule has 3 aromatic rings. The van der Waals surface area contributed by atoms with Crippen LogP contribution in [0.2, 0.25) is 0 Å². The number of para-hydroxylation sites is 1. The van der Waals surface area contributed by atoms with E-state index in [1.165, 1.54) is 0 Å². The lowest BCUT2D eigenvalue weighted by molar-refractivity contribution is 0.0984. The number of carbonyl (C=O) groups excluding carboxylic acids is 1. The second-order valence-electron chi connectivity index (χ2n) is 5.67. The van der Waals surface area contributed by atoms with Gasteiger partial charge in [-0.2, -0.15) is 0 Å². The zero-order valence-corrected chi connectivity index (χ0v) is 14.3. The van der Waals surface area contributed by atoms with Crippen molar-refractivity contribution in [3.63, 3.8) is 0 Å². The lowest BCUT2D eigenvalue weighted by Crippen LogP contribution is -2.30. The van der Waals surface area contributed by atoms with Crippen LogP contribution >= 0.6 is 0 Å². The number of anilines is 1. The summed E-state index contributed by atoms with van der Waals surface area (Å²) >= 11 is 0. The molecule has 0 saturated heterocycles. The van der Waals surface area contributed by atoms with Crippen LogP contribution in [0.1, 0.15) is 22.8 Å². The number of carbonyl (C=O) groups is 1. The molecule has 0 bridgehead atoms. The van der Waals surface area contributed by atoms with Gasteiger partial charge in [0.2, 0.25) is 0 Å². The molecule has 0 spiro atoms. The molecule has 126 valence electrons. The molecule has 0 radical (unpaired) electrons. The van der Waals surface area contributed by atoms with Gasteiger partial charge >= 0.3 is 0 Å². The van der Waals surface area contributed by atoms with Crippen LogP contribution in [-0.2, 0) is 6.54 Å². The van der Waals surface area contributed by atoms with Crippen molar-refractivity contribution in [2.45, 2.75) is 13.5 Å². The van der Waals surface area contributed by atoms with Crippen LogP contribution in [0.5, 0.6) is 5.75 Å². The van der Waals surface area contributed by atoms with Gasteiger partial charge in [0, 0.05) is 11.3 Å². The molecular weight excluding hydrogens is 310 g/mol. The van der Waals surface area contributed by atoms with E-state index in [0.29, 0.717) is 24.5 Å². The molecule has 0 aliphatic rings. The second-order valence-corrected chi connectivity index (χ2v) is 5.67. The van der Waals surface area contributed by atoms with Gasteiger partial charge in [0.05, 0.1) is 13.2 Å². The number of benzene rings is 3. The van der Waals surface area contributed by atoms with Crippen LogP contribution in [0, 0.1) is 0 Å². The molecule has 0 atom stereocenters. The van der Waals surface area contributed by atoms with E-state index in [0.717, 1.165) is 11.3 Å². The topological polar surface area (TPSA) is 29.5 Å². The van der Waals surface area contributed by atoms with Gasteiger partial charge in [-0.1, -0.05) is 54.6 Å². The zero-order valence-electron chi connectivity index (χ0n) is 14.3. The molecule has 25 heavy (non-hydrogen) atoms. The highest BCUT2D eigenvalue weighted by Crippen LogP contribution is 2.22. The lowest BCUT2D eigenvalue weighted by Gasteiger charge is -2.23. The van der Waals surface area contributed by atoms with Crippen molar-refractivity contribution in [3.8, 4) is 5.75 Å². The van der Waals surface area contributed by atoms with Crippen LogP contribution < -0.4 is 9.64 Å². The third-order valence-electron chi connectivity index (χ3n) is 3.89. The molecule has 0 unspecified atom stereocenters. The Hall–Kier alpha value is -3.07. The van der Waals surface area contributed by atoms with Gasteiger partial charge in [-0.05, 0) is 42.8 Å². The molecule has 3 heteroatoms. The molecule has 1 amide bonds. The Bertz CT molecular complexity index is 816.